The van der Waals surface area contributed by atoms with Gasteiger partial charge < -0.3 is 24.3 Å². The van der Waals surface area contributed by atoms with Gasteiger partial charge >= 0.3 is 0 Å². The maximum absolute atomic E-state index is 12.9. The molecule has 0 aromatic heterocycles. The second-order valence-corrected chi connectivity index (χ2v) is 8.63. The van der Waals surface area contributed by atoms with Gasteiger partial charge in [0, 0.05) is 24.8 Å². The number of sulfonamides is 1. The molecule has 0 radical (unpaired) electrons. The van der Waals surface area contributed by atoms with Crippen LogP contribution in [0.2, 0.25) is 0 Å². The number of rotatable bonds is 5. The van der Waals surface area contributed by atoms with E-state index in [1.165, 1.54) is 29.6 Å². The fraction of sp³-hybridized carbons (Fsp3) is 0.350. The van der Waals surface area contributed by atoms with Crippen LogP contribution >= 0.6 is 0 Å². The van der Waals surface area contributed by atoms with Gasteiger partial charge in [-0.15, -0.1) is 0 Å². The van der Waals surface area contributed by atoms with Crippen LogP contribution in [0, 0.1) is 0 Å². The maximum Gasteiger partial charge on any atom is 0.259 e. The van der Waals surface area contributed by atoms with Crippen molar-refractivity contribution in [1.82, 2.24) is 4.31 Å². The van der Waals surface area contributed by atoms with Crippen LogP contribution in [0.15, 0.2) is 41.3 Å². The van der Waals surface area contributed by atoms with E-state index in [0.717, 1.165) is 0 Å². The molecule has 2 aromatic carbocycles. The minimum Gasteiger partial charge on any atom is -0.496 e. The Morgan fingerprint density at radius 3 is 2.47 bits per heavy atom. The second kappa shape index (κ2) is 8.50. The molecule has 1 N–H and O–H groups in total. The molecule has 0 bridgehead atoms. The average molecular weight is 434 g/mol. The van der Waals surface area contributed by atoms with Crippen molar-refractivity contribution in [1.29, 1.82) is 0 Å². The number of benzene rings is 2. The van der Waals surface area contributed by atoms with Crippen molar-refractivity contribution in [3.05, 3.63) is 42.0 Å². The predicted molar refractivity (Wildman–Crippen MR) is 108 cm³/mol. The van der Waals surface area contributed by atoms with Crippen LogP contribution in [0.3, 0.4) is 0 Å². The Labute approximate surface area is 174 Å². The summed E-state index contributed by atoms with van der Waals surface area (Å²) >= 11 is 0. The maximum atomic E-state index is 12.9. The zero-order valence-electron chi connectivity index (χ0n) is 16.4. The summed E-state index contributed by atoms with van der Waals surface area (Å²) < 4.78 is 48.8. The highest BCUT2D eigenvalue weighted by Gasteiger charge is 2.28. The predicted octanol–water partition coefficient (Wildman–Crippen LogP) is 1.74. The third-order valence-electron chi connectivity index (χ3n) is 4.82. The van der Waals surface area contributed by atoms with E-state index >= 15 is 0 Å². The largest absolute Gasteiger partial charge is 0.496 e. The summed E-state index contributed by atoms with van der Waals surface area (Å²) in [5.41, 5.74) is 0.606. The SMILES string of the molecule is COc1ccc(S(=O)(=O)N2CCOCC2)cc1C(=O)Nc1ccc2c(c1)OCCO2. The molecular formula is C20H22N2O7S. The molecule has 2 aromatic rings. The van der Waals surface area contributed by atoms with Crippen molar-refractivity contribution < 1.29 is 32.2 Å². The van der Waals surface area contributed by atoms with Crippen LogP contribution in [0.25, 0.3) is 0 Å². The van der Waals surface area contributed by atoms with Gasteiger partial charge in [0.2, 0.25) is 10.0 Å². The summed E-state index contributed by atoms with van der Waals surface area (Å²) in [5.74, 6) is 0.915. The monoisotopic (exact) mass is 434 g/mol. The van der Waals surface area contributed by atoms with Crippen LogP contribution < -0.4 is 19.5 Å². The lowest BCUT2D eigenvalue weighted by Crippen LogP contribution is -2.40. The molecule has 1 fully saturated rings. The first-order valence-corrected chi connectivity index (χ1v) is 10.9. The summed E-state index contributed by atoms with van der Waals surface area (Å²) in [7, 11) is -2.32. The topological polar surface area (TPSA) is 103 Å². The van der Waals surface area contributed by atoms with Gasteiger partial charge in [0.05, 0.1) is 30.8 Å². The van der Waals surface area contributed by atoms with Crippen molar-refractivity contribution >= 4 is 21.6 Å². The molecule has 2 heterocycles. The first-order valence-electron chi connectivity index (χ1n) is 9.46. The lowest BCUT2D eigenvalue weighted by molar-refractivity contribution is 0.0730. The van der Waals surface area contributed by atoms with E-state index in [0.29, 0.717) is 43.6 Å². The van der Waals surface area contributed by atoms with Gasteiger partial charge in [0.1, 0.15) is 19.0 Å². The van der Waals surface area contributed by atoms with Gasteiger partial charge in [-0.05, 0) is 30.3 Å². The third-order valence-corrected chi connectivity index (χ3v) is 6.72. The molecule has 0 aliphatic carbocycles. The van der Waals surface area contributed by atoms with E-state index in [-0.39, 0.29) is 29.3 Å². The molecule has 2 aliphatic heterocycles. The van der Waals surface area contributed by atoms with E-state index in [9.17, 15) is 13.2 Å². The number of fused-ring (bicyclic) bond motifs is 1. The zero-order chi connectivity index (χ0) is 21.1. The molecule has 1 amide bonds. The summed E-state index contributed by atoms with van der Waals surface area (Å²) in [4.78, 5) is 13.0. The van der Waals surface area contributed by atoms with Gasteiger partial charge in [-0.3, -0.25) is 4.79 Å². The van der Waals surface area contributed by atoms with Gasteiger partial charge in [-0.25, -0.2) is 8.42 Å². The fourth-order valence-corrected chi connectivity index (χ4v) is 4.72. The van der Waals surface area contributed by atoms with Gasteiger partial charge in [-0.1, -0.05) is 0 Å². The molecule has 1 saturated heterocycles. The van der Waals surface area contributed by atoms with E-state index < -0.39 is 15.9 Å². The molecule has 10 heteroatoms. The normalized spacial score (nSPS) is 16.7. The van der Waals surface area contributed by atoms with E-state index in [1.807, 2.05) is 0 Å². The lowest BCUT2D eigenvalue weighted by atomic mass is 10.1. The van der Waals surface area contributed by atoms with Crippen molar-refractivity contribution in [2.75, 3.05) is 51.9 Å². The van der Waals surface area contributed by atoms with Crippen molar-refractivity contribution in [2.45, 2.75) is 4.90 Å². The molecule has 4 rings (SSSR count). The Kier molecular flexibility index (Phi) is 5.80. The number of hydrogen-bond acceptors (Lipinski definition) is 7. The molecule has 30 heavy (non-hydrogen) atoms. The van der Waals surface area contributed by atoms with E-state index in [2.05, 4.69) is 5.32 Å². The lowest BCUT2D eigenvalue weighted by Gasteiger charge is -2.26. The highest BCUT2D eigenvalue weighted by atomic mass is 32.2. The Morgan fingerprint density at radius 2 is 1.73 bits per heavy atom. The van der Waals surface area contributed by atoms with Gasteiger partial charge in [0.15, 0.2) is 11.5 Å². The highest BCUT2D eigenvalue weighted by Crippen LogP contribution is 2.33. The first kappa shape index (κ1) is 20.5. The fourth-order valence-electron chi connectivity index (χ4n) is 3.28. The van der Waals surface area contributed by atoms with Crippen LogP contribution in [0.1, 0.15) is 10.4 Å². The number of hydrogen-bond donors (Lipinski definition) is 1. The third kappa shape index (κ3) is 4.07. The standard InChI is InChI=1S/C20H22N2O7S/c1-26-17-5-3-15(30(24,25)22-6-8-27-9-7-22)13-16(17)20(23)21-14-2-4-18-19(12-14)29-11-10-28-18/h2-5,12-13H,6-11H2,1H3,(H,21,23). The number of nitrogens with zero attached hydrogens (tertiary/aromatic N) is 1. The zero-order valence-corrected chi connectivity index (χ0v) is 17.2. The Hall–Kier alpha value is -2.82. The minimum atomic E-state index is -3.75. The van der Waals surface area contributed by atoms with E-state index in [1.54, 1.807) is 18.2 Å². The van der Waals surface area contributed by atoms with Crippen LogP contribution in [-0.4, -0.2) is 65.3 Å². The van der Waals surface area contributed by atoms with Crippen molar-refractivity contribution in [3.8, 4) is 17.2 Å². The molecule has 0 atom stereocenters. The van der Waals surface area contributed by atoms with Crippen LogP contribution in [0.5, 0.6) is 17.2 Å². The average Bonchev–Trinajstić information content (AvgIpc) is 2.79. The van der Waals surface area contributed by atoms with Gasteiger partial charge in [-0.2, -0.15) is 4.31 Å². The van der Waals surface area contributed by atoms with Crippen molar-refractivity contribution in [2.24, 2.45) is 0 Å². The smallest absolute Gasteiger partial charge is 0.259 e. The second-order valence-electron chi connectivity index (χ2n) is 6.69. The summed E-state index contributed by atoms with van der Waals surface area (Å²) in [6, 6.07) is 9.30. The molecule has 160 valence electrons. The molecule has 2 aliphatic rings. The summed E-state index contributed by atoms with van der Waals surface area (Å²) in [6.45, 7) is 2.12. The number of amides is 1. The number of anilines is 1. The quantitative estimate of drug-likeness (QED) is 0.765. The van der Waals surface area contributed by atoms with Crippen molar-refractivity contribution in [3.63, 3.8) is 0 Å². The number of methoxy groups -OCH3 is 1. The van der Waals surface area contributed by atoms with Gasteiger partial charge in [0.25, 0.3) is 5.91 Å². The molecule has 9 nitrogen and oxygen atoms in total. The van der Waals surface area contributed by atoms with Crippen LogP contribution in [-0.2, 0) is 14.8 Å². The van der Waals surface area contributed by atoms with Crippen LogP contribution in [0.4, 0.5) is 5.69 Å². The summed E-state index contributed by atoms with van der Waals surface area (Å²) in [6.07, 6.45) is 0. The Bertz CT molecular complexity index is 1050. The number of ether oxygens (including phenoxy) is 4. The molecule has 0 unspecified atom stereocenters. The number of nitrogens with one attached hydrogen (secondary N) is 1. The summed E-state index contributed by atoms with van der Waals surface area (Å²) in [5, 5.41) is 2.76. The number of morpholine rings is 1. The highest BCUT2D eigenvalue weighted by molar-refractivity contribution is 7.89. The Balaban J connectivity index is 1.61. The van der Waals surface area contributed by atoms with E-state index in [4.69, 9.17) is 18.9 Å². The Morgan fingerprint density at radius 1 is 1.00 bits per heavy atom. The molecule has 0 saturated carbocycles. The number of carbonyl (C=O) groups excluding carboxylic acids is 1. The minimum absolute atomic E-state index is 0.0255. The molecule has 0 spiro atoms. The number of carbonyl (C=O) groups is 1. The first-order chi connectivity index (χ1) is 14.5. The molecular weight excluding hydrogens is 412 g/mol.